The van der Waals surface area contributed by atoms with Crippen LogP contribution in [-0.4, -0.2) is 86.1 Å². The van der Waals surface area contributed by atoms with Crippen LogP contribution < -0.4 is 10.6 Å². The standard InChI is InChI=1S/C13H22N2O9/c1-5(17)14-7(4-16)10(20)11-9(15-6(2)18)8(19)3-13(23,24-11)12(21)22/h7-11,16,19-20,23H,3-4H2,1-2H3,(H,14,17)(H,15,18)(H,21,22)/t7-,8-,9-,10-,11?,13+/m1/s1. The maximum atomic E-state index is 11.3. The Morgan fingerprint density at radius 1 is 1.29 bits per heavy atom. The highest BCUT2D eigenvalue weighted by Gasteiger charge is 2.54. The fourth-order valence-electron chi connectivity index (χ4n) is 2.54. The van der Waals surface area contributed by atoms with Crippen LogP contribution in [0, 0.1) is 0 Å². The van der Waals surface area contributed by atoms with E-state index in [9.17, 15) is 34.8 Å². The van der Waals surface area contributed by atoms with Crippen molar-refractivity contribution in [2.75, 3.05) is 6.61 Å². The van der Waals surface area contributed by atoms with E-state index in [1.54, 1.807) is 0 Å². The van der Waals surface area contributed by atoms with Gasteiger partial charge in [-0.1, -0.05) is 0 Å². The number of aliphatic hydroxyl groups is 4. The molecule has 11 heteroatoms. The lowest BCUT2D eigenvalue weighted by atomic mass is 9.88. The van der Waals surface area contributed by atoms with Crippen LogP contribution in [0.1, 0.15) is 20.3 Å². The molecule has 11 nitrogen and oxygen atoms in total. The average molecular weight is 350 g/mol. The van der Waals surface area contributed by atoms with E-state index in [4.69, 9.17) is 9.84 Å². The molecule has 0 saturated carbocycles. The zero-order valence-electron chi connectivity index (χ0n) is 13.2. The fourth-order valence-corrected chi connectivity index (χ4v) is 2.54. The second kappa shape index (κ2) is 7.85. The summed E-state index contributed by atoms with van der Waals surface area (Å²) < 4.78 is 5.01. The molecule has 0 aromatic carbocycles. The molecule has 1 aliphatic rings. The number of rotatable bonds is 6. The number of aliphatic carboxylic acids is 1. The number of hydrogen-bond acceptors (Lipinski definition) is 8. The first-order valence-electron chi connectivity index (χ1n) is 7.16. The first-order chi connectivity index (χ1) is 11.0. The first-order valence-corrected chi connectivity index (χ1v) is 7.16. The van der Waals surface area contributed by atoms with Crippen molar-refractivity contribution < 1.29 is 44.7 Å². The molecule has 7 N–H and O–H groups in total. The van der Waals surface area contributed by atoms with Gasteiger partial charge in [-0.25, -0.2) is 4.79 Å². The molecule has 0 radical (unpaired) electrons. The molecule has 1 aliphatic heterocycles. The Bertz CT molecular complexity index is 500. The van der Waals surface area contributed by atoms with Gasteiger partial charge in [0, 0.05) is 20.3 Å². The highest BCUT2D eigenvalue weighted by molar-refractivity contribution is 5.76. The van der Waals surface area contributed by atoms with Crippen molar-refractivity contribution in [3.63, 3.8) is 0 Å². The lowest BCUT2D eigenvalue weighted by Gasteiger charge is -2.45. The summed E-state index contributed by atoms with van der Waals surface area (Å²) in [5, 5.41) is 53.3. The minimum absolute atomic E-state index is 0.589. The van der Waals surface area contributed by atoms with Gasteiger partial charge in [0.1, 0.15) is 12.2 Å². The topological polar surface area (TPSA) is 186 Å². The van der Waals surface area contributed by atoms with Crippen molar-refractivity contribution in [2.45, 2.75) is 56.5 Å². The van der Waals surface area contributed by atoms with Gasteiger partial charge in [0.05, 0.1) is 24.8 Å². The molecule has 0 aliphatic carbocycles. The number of carboxylic acids is 1. The normalized spacial score (nSPS) is 32.5. The van der Waals surface area contributed by atoms with Crippen molar-refractivity contribution in [3.8, 4) is 0 Å². The van der Waals surface area contributed by atoms with E-state index in [1.165, 1.54) is 0 Å². The lowest BCUT2D eigenvalue weighted by molar-refractivity contribution is -0.291. The molecule has 138 valence electrons. The lowest BCUT2D eigenvalue weighted by Crippen LogP contribution is -2.68. The molecule has 0 spiro atoms. The quantitative estimate of drug-likeness (QED) is 0.253. The third kappa shape index (κ3) is 4.61. The zero-order valence-corrected chi connectivity index (χ0v) is 13.2. The predicted molar refractivity (Wildman–Crippen MR) is 76.4 cm³/mol. The summed E-state index contributed by atoms with van der Waals surface area (Å²) >= 11 is 0. The van der Waals surface area contributed by atoms with Crippen molar-refractivity contribution >= 4 is 17.8 Å². The predicted octanol–water partition coefficient (Wildman–Crippen LogP) is -3.73. The molecular formula is C13H22N2O9. The van der Waals surface area contributed by atoms with Gasteiger partial charge in [-0.3, -0.25) is 9.59 Å². The molecule has 1 unspecified atom stereocenters. The smallest absolute Gasteiger partial charge is 0.364 e. The van der Waals surface area contributed by atoms with Gasteiger partial charge in [-0.15, -0.1) is 0 Å². The molecule has 0 aromatic heterocycles. The van der Waals surface area contributed by atoms with Crippen LogP contribution in [0.15, 0.2) is 0 Å². The van der Waals surface area contributed by atoms with Crippen LogP contribution in [-0.2, 0) is 19.1 Å². The molecule has 2 amide bonds. The number of nitrogens with one attached hydrogen (secondary N) is 2. The summed E-state index contributed by atoms with van der Waals surface area (Å²) in [6.45, 7) is 1.53. The third-order valence-electron chi connectivity index (χ3n) is 3.62. The molecule has 0 aromatic rings. The van der Waals surface area contributed by atoms with Crippen LogP contribution in [0.4, 0.5) is 0 Å². The number of carboxylic acid groups (broad SMARTS) is 1. The van der Waals surface area contributed by atoms with E-state index in [-0.39, 0.29) is 0 Å². The van der Waals surface area contributed by atoms with Gasteiger partial charge in [-0.05, 0) is 0 Å². The summed E-state index contributed by atoms with van der Waals surface area (Å²) in [4.78, 5) is 33.6. The van der Waals surface area contributed by atoms with Crippen LogP contribution >= 0.6 is 0 Å². The number of carbonyl (C=O) groups is 3. The fraction of sp³-hybridized carbons (Fsp3) is 0.769. The average Bonchev–Trinajstić information content (AvgIpc) is 2.46. The Kier molecular flexibility index (Phi) is 6.63. The monoisotopic (exact) mass is 350 g/mol. The SMILES string of the molecule is CC(=O)N[C@H](CO)[C@@H](O)C1O[C@](O)(C(=O)O)C[C@@H](O)[C@H]1NC(C)=O. The van der Waals surface area contributed by atoms with Crippen molar-refractivity contribution in [3.05, 3.63) is 0 Å². The van der Waals surface area contributed by atoms with E-state index >= 15 is 0 Å². The van der Waals surface area contributed by atoms with E-state index in [2.05, 4.69) is 10.6 Å². The van der Waals surface area contributed by atoms with Gasteiger partial charge < -0.3 is 40.9 Å². The number of carbonyl (C=O) groups excluding carboxylic acids is 2. The molecule has 0 bridgehead atoms. The Balaban J connectivity index is 3.14. The summed E-state index contributed by atoms with van der Waals surface area (Å²) in [6.07, 6.45) is -5.64. The van der Waals surface area contributed by atoms with Crippen LogP contribution in [0.5, 0.6) is 0 Å². The van der Waals surface area contributed by atoms with E-state index < -0.39 is 67.0 Å². The third-order valence-corrected chi connectivity index (χ3v) is 3.62. The molecule has 1 saturated heterocycles. The van der Waals surface area contributed by atoms with Gasteiger partial charge in [0.25, 0.3) is 5.79 Å². The number of amides is 2. The van der Waals surface area contributed by atoms with Gasteiger partial charge in [-0.2, -0.15) is 0 Å². The highest BCUT2D eigenvalue weighted by atomic mass is 16.7. The van der Waals surface area contributed by atoms with Crippen LogP contribution in [0.2, 0.25) is 0 Å². The largest absolute Gasteiger partial charge is 0.477 e. The molecule has 1 rings (SSSR count). The van der Waals surface area contributed by atoms with Crippen molar-refractivity contribution in [1.82, 2.24) is 10.6 Å². The van der Waals surface area contributed by atoms with Crippen molar-refractivity contribution in [1.29, 1.82) is 0 Å². The maximum absolute atomic E-state index is 11.3. The Labute approximate surface area is 137 Å². The number of aliphatic hydroxyl groups excluding tert-OH is 3. The van der Waals surface area contributed by atoms with E-state index in [0.29, 0.717) is 0 Å². The van der Waals surface area contributed by atoms with Crippen LogP contribution in [0.25, 0.3) is 0 Å². The number of ether oxygens (including phenoxy) is 1. The summed E-state index contributed by atoms with van der Waals surface area (Å²) in [7, 11) is 0. The van der Waals surface area contributed by atoms with E-state index in [1.807, 2.05) is 0 Å². The minimum Gasteiger partial charge on any atom is -0.477 e. The van der Waals surface area contributed by atoms with Crippen molar-refractivity contribution in [2.24, 2.45) is 0 Å². The molecule has 6 atom stereocenters. The molecule has 1 fully saturated rings. The summed E-state index contributed by atoms with van der Waals surface area (Å²) in [6, 6.07) is -2.54. The van der Waals surface area contributed by atoms with Gasteiger partial charge >= 0.3 is 5.97 Å². The first kappa shape index (κ1) is 20.3. The molecule has 1 heterocycles. The summed E-state index contributed by atoms with van der Waals surface area (Å²) in [5.41, 5.74) is 0. The Morgan fingerprint density at radius 2 is 1.88 bits per heavy atom. The molecule has 24 heavy (non-hydrogen) atoms. The zero-order chi connectivity index (χ0) is 18.7. The summed E-state index contributed by atoms with van der Waals surface area (Å²) in [5.74, 6) is -5.77. The Hall–Kier alpha value is -1.79. The maximum Gasteiger partial charge on any atom is 0.364 e. The van der Waals surface area contributed by atoms with Gasteiger partial charge in [0.2, 0.25) is 11.8 Å². The second-order valence-corrected chi connectivity index (χ2v) is 5.65. The van der Waals surface area contributed by atoms with Crippen LogP contribution in [0.3, 0.4) is 0 Å². The minimum atomic E-state index is -2.80. The molecular weight excluding hydrogens is 328 g/mol. The van der Waals surface area contributed by atoms with Gasteiger partial charge in [0.15, 0.2) is 0 Å². The highest BCUT2D eigenvalue weighted by Crippen LogP contribution is 2.30. The second-order valence-electron chi connectivity index (χ2n) is 5.65. The Morgan fingerprint density at radius 3 is 2.29 bits per heavy atom. The number of hydrogen-bond donors (Lipinski definition) is 7. The van der Waals surface area contributed by atoms with E-state index in [0.717, 1.165) is 13.8 Å².